The second-order valence-electron chi connectivity index (χ2n) is 3.24. The summed E-state index contributed by atoms with van der Waals surface area (Å²) in [5, 5.41) is 20.7. The molecule has 0 aliphatic rings. The number of oxazole rings is 1. The smallest absolute Gasteiger partial charge is 0.237 e. The highest BCUT2D eigenvalue weighted by Gasteiger charge is 2.00. The van der Waals surface area contributed by atoms with Crippen molar-refractivity contribution >= 4 is 11.4 Å². The first-order valence-electron chi connectivity index (χ1n) is 4.96. The minimum absolute atomic E-state index is 0.227. The van der Waals surface area contributed by atoms with Crippen LogP contribution in [0.3, 0.4) is 0 Å². The molecule has 0 atom stereocenters. The number of nitrogens with one attached hydrogen (secondary N) is 1. The van der Waals surface area contributed by atoms with Crippen LogP contribution in [0.1, 0.15) is 0 Å². The Hall–Kier alpha value is -3.12. The first-order chi connectivity index (χ1) is 8.83. The Balaban J connectivity index is 2.12. The molecule has 1 N–H and O–H groups in total. The molecule has 0 radical (unpaired) electrons. The van der Waals surface area contributed by atoms with Gasteiger partial charge in [-0.05, 0) is 24.3 Å². The van der Waals surface area contributed by atoms with Gasteiger partial charge in [0, 0.05) is 5.56 Å². The fourth-order valence-electron chi connectivity index (χ4n) is 1.26. The van der Waals surface area contributed by atoms with E-state index in [4.69, 9.17) is 14.9 Å². The van der Waals surface area contributed by atoms with Crippen LogP contribution < -0.4 is 5.43 Å². The molecule has 1 aromatic heterocycles. The maximum absolute atomic E-state index is 8.51. The average Bonchev–Trinajstić information content (AvgIpc) is 2.94. The van der Waals surface area contributed by atoms with Gasteiger partial charge in [0.05, 0.1) is 11.9 Å². The maximum Gasteiger partial charge on any atom is 0.237 e. The minimum atomic E-state index is -0.227. The van der Waals surface area contributed by atoms with Crippen molar-refractivity contribution in [2.24, 2.45) is 5.10 Å². The van der Waals surface area contributed by atoms with E-state index in [9.17, 15) is 0 Å². The Morgan fingerprint density at radius 2 is 1.94 bits per heavy atom. The van der Waals surface area contributed by atoms with Gasteiger partial charge in [-0.2, -0.15) is 15.6 Å². The summed E-state index contributed by atoms with van der Waals surface area (Å²) in [7, 11) is 0. The van der Waals surface area contributed by atoms with Gasteiger partial charge in [-0.1, -0.05) is 0 Å². The molecule has 0 spiro atoms. The predicted octanol–water partition coefficient (Wildman–Crippen LogP) is 2.16. The molecular formula is C12H7N5O. The summed E-state index contributed by atoms with van der Waals surface area (Å²) in [6, 6.07) is 10.5. The summed E-state index contributed by atoms with van der Waals surface area (Å²) in [5.41, 5.74) is 3.93. The van der Waals surface area contributed by atoms with Crippen LogP contribution >= 0.6 is 0 Å². The molecule has 0 aliphatic carbocycles. The van der Waals surface area contributed by atoms with Crippen LogP contribution in [0.5, 0.6) is 0 Å². The third-order valence-electron chi connectivity index (χ3n) is 2.11. The number of benzene rings is 1. The molecule has 1 aromatic carbocycles. The Bertz CT molecular complexity index is 613. The molecule has 18 heavy (non-hydrogen) atoms. The fraction of sp³-hybridized carbons (Fsp3) is 0. The summed E-state index contributed by atoms with van der Waals surface area (Å²) < 4.78 is 5.15. The monoisotopic (exact) mass is 237 g/mol. The Morgan fingerprint density at radius 3 is 2.50 bits per heavy atom. The van der Waals surface area contributed by atoms with Crippen LogP contribution in [-0.2, 0) is 0 Å². The van der Waals surface area contributed by atoms with E-state index < -0.39 is 0 Å². The molecule has 6 nitrogen and oxygen atoms in total. The van der Waals surface area contributed by atoms with Crippen molar-refractivity contribution in [1.82, 2.24) is 4.98 Å². The number of anilines is 1. The summed E-state index contributed by atoms with van der Waals surface area (Å²) in [5.74, 6) is 0.666. The first kappa shape index (κ1) is 11.4. The zero-order chi connectivity index (χ0) is 12.8. The summed E-state index contributed by atoms with van der Waals surface area (Å²) >= 11 is 0. The van der Waals surface area contributed by atoms with Gasteiger partial charge in [-0.15, -0.1) is 0 Å². The van der Waals surface area contributed by atoms with E-state index >= 15 is 0 Å². The molecule has 0 aliphatic heterocycles. The van der Waals surface area contributed by atoms with Crippen molar-refractivity contribution in [3.63, 3.8) is 0 Å². The van der Waals surface area contributed by atoms with Gasteiger partial charge in [0.15, 0.2) is 12.2 Å². The standard InChI is InChI=1S/C12H7N5O/c13-5-11(6-14)17-16-10-3-1-9(2-4-10)12-7-15-8-18-12/h1-4,7-8,16H. The number of hydrazone groups is 1. The SMILES string of the molecule is N#CC(C#N)=NNc1ccc(-c2cnco2)cc1. The highest BCUT2D eigenvalue weighted by molar-refractivity contribution is 6.10. The Morgan fingerprint density at radius 1 is 1.22 bits per heavy atom. The third kappa shape index (κ3) is 2.52. The first-order valence-corrected chi connectivity index (χ1v) is 4.96. The number of aromatic nitrogens is 1. The zero-order valence-electron chi connectivity index (χ0n) is 9.16. The average molecular weight is 237 g/mol. The molecule has 0 amide bonds. The van der Waals surface area contributed by atoms with Crippen LogP contribution in [0, 0.1) is 22.7 Å². The number of nitriles is 2. The van der Waals surface area contributed by atoms with E-state index in [1.54, 1.807) is 30.5 Å². The second kappa shape index (κ2) is 5.28. The van der Waals surface area contributed by atoms with E-state index in [2.05, 4.69) is 15.5 Å². The van der Waals surface area contributed by atoms with E-state index in [-0.39, 0.29) is 5.71 Å². The van der Waals surface area contributed by atoms with E-state index in [1.807, 2.05) is 12.1 Å². The van der Waals surface area contributed by atoms with Gasteiger partial charge in [-0.3, -0.25) is 5.43 Å². The molecular weight excluding hydrogens is 230 g/mol. The molecule has 0 saturated heterocycles. The van der Waals surface area contributed by atoms with E-state index in [0.717, 1.165) is 5.56 Å². The van der Waals surface area contributed by atoms with Crippen molar-refractivity contribution in [1.29, 1.82) is 10.5 Å². The van der Waals surface area contributed by atoms with Crippen LogP contribution in [0.15, 0.2) is 46.4 Å². The zero-order valence-corrected chi connectivity index (χ0v) is 9.16. The number of hydrogen-bond acceptors (Lipinski definition) is 6. The third-order valence-corrected chi connectivity index (χ3v) is 2.11. The number of nitrogens with zero attached hydrogens (tertiary/aromatic N) is 4. The van der Waals surface area contributed by atoms with Crippen molar-refractivity contribution in [2.45, 2.75) is 0 Å². The van der Waals surface area contributed by atoms with Crippen LogP contribution in [0.2, 0.25) is 0 Å². The second-order valence-corrected chi connectivity index (χ2v) is 3.24. The van der Waals surface area contributed by atoms with Crippen molar-refractivity contribution in [3.8, 4) is 23.5 Å². The number of hydrogen-bond donors (Lipinski definition) is 1. The topological polar surface area (TPSA) is 98.0 Å². The van der Waals surface area contributed by atoms with E-state index in [1.165, 1.54) is 6.39 Å². The Kier molecular flexibility index (Phi) is 3.34. The summed E-state index contributed by atoms with van der Waals surface area (Å²) in [6.07, 6.45) is 2.97. The molecule has 0 saturated carbocycles. The van der Waals surface area contributed by atoms with E-state index in [0.29, 0.717) is 11.4 Å². The Labute approximate surface area is 103 Å². The van der Waals surface area contributed by atoms with Crippen LogP contribution in [-0.4, -0.2) is 10.7 Å². The van der Waals surface area contributed by atoms with Gasteiger partial charge in [0.1, 0.15) is 12.1 Å². The highest BCUT2D eigenvalue weighted by atomic mass is 16.3. The van der Waals surface area contributed by atoms with Gasteiger partial charge in [0.2, 0.25) is 5.71 Å². The van der Waals surface area contributed by atoms with Crippen LogP contribution in [0.4, 0.5) is 5.69 Å². The lowest BCUT2D eigenvalue weighted by Crippen LogP contribution is -1.95. The van der Waals surface area contributed by atoms with Crippen molar-refractivity contribution in [2.75, 3.05) is 5.43 Å². The largest absolute Gasteiger partial charge is 0.444 e. The normalized spacial score (nSPS) is 9.00. The van der Waals surface area contributed by atoms with Crippen molar-refractivity contribution in [3.05, 3.63) is 36.9 Å². The van der Waals surface area contributed by atoms with Crippen LogP contribution in [0.25, 0.3) is 11.3 Å². The van der Waals surface area contributed by atoms with Gasteiger partial charge >= 0.3 is 0 Å². The molecule has 1 heterocycles. The van der Waals surface area contributed by atoms with Gasteiger partial charge in [-0.25, -0.2) is 4.98 Å². The lowest BCUT2D eigenvalue weighted by Gasteiger charge is -2.00. The van der Waals surface area contributed by atoms with Gasteiger partial charge < -0.3 is 4.42 Å². The molecule has 6 heteroatoms. The minimum Gasteiger partial charge on any atom is -0.444 e. The lowest BCUT2D eigenvalue weighted by atomic mass is 10.2. The lowest BCUT2D eigenvalue weighted by molar-refractivity contribution is 0.572. The number of rotatable bonds is 3. The van der Waals surface area contributed by atoms with Crippen molar-refractivity contribution < 1.29 is 4.42 Å². The molecule has 0 bridgehead atoms. The molecule has 0 fully saturated rings. The molecule has 2 rings (SSSR count). The molecule has 86 valence electrons. The predicted molar refractivity (Wildman–Crippen MR) is 64.2 cm³/mol. The molecule has 2 aromatic rings. The van der Waals surface area contributed by atoms with Gasteiger partial charge in [0.25, 0.3) is 0 Å². The quantitative estimate of drug-likeness (QED) is 0.651. The fourth-order valence-corrected chi connectivity index (χ4v) is 1.26. The maximum atomic E-state index is 8.51. The summed E-state index contributed by atoms with van der Waals surface area (Å²) in [6.45, 7) is 0. The highest BCUT2D eigenvalue weighted by Crippen LogP contribution is 2.20. The summed E-state index contributed by atoms with van der Waals surface area (Å²) in [4.78, 5) is 3.83. The molecule has 0 unspecified atom stereocenters.